The standard InChI is InChI=1S/C31H27N5O6S2/c1-2-36(21-22-7-5-9-26(19-22)43(37,38)39)25-15-13-23(14-16-25)32-34-30-17-18-31(29-12-4-3-11-28(29)30)35-33-24-8-6-10-27(20-24)44(40,41)42/h3-20H,2,21H2,1H3,(H,37,38,39)(H,40,41,42)/p-2. The lowest BCUT2D eigenvalue weighted by Crippen LogP contribution is -2.22. The number of azo groups is 2. The van der Waals surface area contributed by atoms with Crippen molar-refractivity contribution in [3.8, 4) is 0 Å². The number of rotatable bonds is 10. The Kier molecular flexibility index (Phi) is 8.92. The summed E-state index contributed by atoms with van der Waals surface area (Å²) in [5.74, 6) is 0. The molecule has 0 fully saturated rings. The monoisotopic (exact) mass is 627 g/mol. The van der Waals surface area contributed by atoms with Crippen LogP contribution >= 0.6 is 0 Å². The topological polar surface area (TPSA) is 167 Å². The van der Waals surface area contributed by atoms with E-state index in [9.17, 15) is 25.9 Å². The van der Waals surface area contributed by atoms with Crippen molar-refractivity contribution in [2.45, 2.75) is 23.3 Å². The Morgan fingerprint density at radius 1 is 0.591 bits per heavy atom. The highest BCUT2D eigenvalue weighted by atomic mass is 32.2. The minimum atomic E-state index is -4.61. The normalized spacial score (nSPS) is 12.3. The van der Waals surface area contributed by atoms with E-state index in [-0.39, 0.29) is 15.5 Å². The molecule has 0 aliphatic heterocycles. The lowest BCUT2D eigenvalue weighted by Gasteiger charge is -2.23. The first-order valence-electron chi connectivity index (χ1n) is 13.3. The molecule has 0 aliphatic rings. The minimum absolute atomic E-state index is 0.226. The maximum atomic E-state index is 11.4. The number of hydrogen-bond acceptors (Lipinski definition) is 11. The van der Waals surface area contributed by atoms with Crippen LogP contribution in [-0.2, 0) is 26.8 Å². The molecule has 44 heavy (non-hydrogen) atoms. The van der Waals surface area contributed by atoms with Gasteiger partial charge in [0.2, 0.25) is 0 Å². The smallest absolute Gasteiger partial charge is 0.124 e. The van der Waals surface area contributed by atoms with Crippen molar-refractivity contribution in [2.24, 2.45) is 20.5 Å². The first-order valence-corrected chi connectivity index (χ1v) is 16.1. The summed E-state index contributed by atoms with van der Waals surface area (Å²) in [6.45, 7) is 3.04. The van der Waals surface area contributed by atoms with Crippen LogP contribution in [0.2, 0.25) is 0 Å². The van der Waals surface area contributed by atoms with Gasteiger partial charge in [0.05, 0.1) is 32.5 Å². The molecule has 0 saturated heterocycles. The third kappa shape index (κ3) is 7.38. The highest BCUT2D eigenvalue weighted by molar-refractivity contribution is 7.86. The molecule has 0 radical (unpaired) electrons. The molecule has 11 nitrogen and oxygen atoms in total. The van der Waals surface area contributed by atoms with Crippen molar-refractivity contribution < 1.29 is 25.9 Å². The van der Waals surface area contributed by atoms with E-state index < -0.39 is 20.2 Å². The SMILES string of the molecule is CCN(Cc1cccc(S(=O)(=O)[O-])c1)c1ccc(N=Nc2ccc(N=Nc3cccc(S(=O)(=O)[O-])c3)c3ccccc23)cc1. The van der Waals surface area contributed by atoms with Crippen LogP contribution in [0.1, 0.15) is 12.5 Å². The number of benzene rings is 5. The van der Waals surface area contributed by atoms with Crippen LogP contribution in [0, 0.1) is 0 Å². The van der Waals surface area contributed by atoms with Gasteiger partial charge in [0, 0.05) is 29.5 Å². The molecule has 224 valence electrons. The fourth-order valence-corrected chi connectivity index (χ4v) is 5.55. The van der Waals surface area contributed by atoms with E-state index in [1.165, 1.54) is 30.3 Å². The lowest BCUT2D eigenvalue weighted by molar-refractivity contribution is 0.461. The number of nitrogens with zero attached hydrogens (tertiary/aromatic N) is 5. The Morgan fingerprint density at radius 2 is 1.14 bits per heavy atom. The highest BCUT2D eigenvalue weighted by Crippen LogP contribution is 2.35. The molecule has 0 aromatic heterocycles. The van der Waals surface area contributed by atoms with Gasteiger partial charge in [-0.05, 0) is 79.2 Å². The predicted octanol–water partition coefficient (Wildman–Crippen LogP) is 7.51. The van der Waals surface area contributed by atoms with Gasteiger partial charge in [0.15, 0.2) is 0 Å². The second-order valence-corrected chi connectivity index (χ2v) is 12.4. The van der Waals surface area contributed by atoms with Gasteiger partial charge in [-0.25, -0.2) is 16.8 Å². The van der Waals surface area contributed by atoms with Crippen LogP contribution in [-0.4, -0.2) is 32.5 Å². The molecular formula is C31H25N5O6S2-2. The van der Waals surface area contributed by atoms with Crippen molar-refractivity contribution in [1.29, 1.82) is 0 Å². The molecule has 0 saturated carbocycles. The van der Waals surface area contributed by atoms with Crippen LogP contribution in [0.15, 0.2) is 139 Å². The van der Waals surface area contributed by atoms with E-state index in [1.54, 1.807) is 30.3 Å². The summed E-state index contributed by atoms with van der Waals surface area (Å²) in [5, 5.41) is 18.8. The van der Waals surface area contributed by atoms with Crippen molar-refractivity contribution in [3.05, 3.63) is 115 Å². The molecule has 5 rings (SSSR count). The summed E-state index contributed by atoms with van der Waals surface area (Å²) >= 11 is 0. The minimum Gasteiger partial charge on any atom is -0.744 e. The van der Waals surface area contributed by atoms with Gasteiger partial charge in [-0.1, -0.05) is 42.5 Å². The molecule has 5 aromatic carbocycles. The van der Waals surface area contributed by atoms with E-state index in [2.05, 4.69) is 20.5 Å². The van der Waals surface area contributed by atoms with Crippen molar-refractivity contribution >= 4 is 59.4 Å². The summed E-state index contributed by atoms with van der Waals surface area (Å²) in [6, 6.07) is 29.7. The second kappa shape index (κ2) is 12.8. The van der Waals surface area contributed by atoms with Gasteiger partial charge < -0.3 is 14.0 Å². The summed E-state index contributed by atoms with van der Waals surface area (Å²) in [5.41, 5.74) is 3.56. The van der Waals surface area contributed by atoms with Gasteiger partial charge in [-0.3, -0.25) is 0 Å². The largest absolute Gasteiger partial charge is 0.744 e. The first-order chi connectivity index (χ1) is 21.0. The van der Waals surface area contributed by atoms with Crippen molar-refractivity contribution in [1.82, 2.24) is 0 Å². The predicted molar refractivity (Wildman–Crippen MR) is 164 cm³/mol. The Labute approximate surface area is 254 Å². The molecular weight excluding hydrogens is 603 g/mol. The summed E-state index contributed by atoms with van der Waals surface area (Å²) < 4.78 is 68.2. The van der Waals surface area contributed by atoms with Gasteiger partial charge >= 0.3 is 0 Å². The van der Waals surface area contributed by atoms with Gasteiger partial charge in [0.1, 0.15) is 20.2 Å². The van der Waals surface area contributed by atoms with E-state index in [0.717, 1.165) is 16.5 Å². The first kappa shape index (κ1) is 30.6. The van der Waals surface area contributed by atoms with Gasteiger partial charge in [0.25, 0.3) is 0 Å². The quantitative estimate of drug-likeness (QED) is 0.114. The Balaban J connectivity index is 1.34. The maximum absolute atomic E-state index is 11.4. The Morgan fingerprint density at radius 3 is 1.70 bits per heavy atom. The maximum Gasteiger partial charge on any atom is 0.124 e. The van der Waals surface area contributed by atoms with Crippen LogP contribution in [0.5, 0.6) is 0 Å². The van der Waals surface area contributed by atoms with Gasteiger partial charge in [-0.2, -0.15) is 10.2 Å². The molecule has 0 aliphatic carbocycles. The third-order valence-electron chi connectivity index (χ3n) is 6.69. The van der Waals surface area contributed by atoms with E-state index in [4.69, 9.17) is 0 Å². The van der Waals surface area contributed by atoms with Crippen LogP contribution in [0.3, 0.4) is 0 Å². The molecule has 0 amide bonds. The molecule has 0 atom stereocenters. The molecule has 0 heterocycles. The number of hydrogen-bond donors (Lipinski definition) is 0. The van der Waals surface area contributed by atoms with Crippen molar-refractivity contribution in [3.63, 3.8) is 0 Å². The molecule has 0 unspecified atom stereocenters. The summed E-state index contributed by atoms with van der Waals surface area (Å²) in [4.78, 5) is 1.40. The zero-order valence-corrected chi connectivity index (χ0v) is 24.9. The zero-order valence-electron chi connectivity index (χ0n) is 23.3. The summed E-state index contributed by atoms with van der Waals surface area (Å²) in [7, 11) is -9.14. The molecule has 5 aromatic rings. The summed E-state index contributed by atoms with van der Waals surface area (Å²) in [6.07, 6.45) is 0. The Hall–Kier alpha value is -4.82. The van der Waals surface area contributed by atoms with Crippen LogP contribution in [0.4, 0.5) is 28.4 Å². The number of anilines is 1. The van der Waals surface area contributed by atoms with Crippen LogP contribution in [0.25, 0.3) is 10.8 Å². The van der Waals surface area contributed by atoms with Crippen LogP contribution < -0.4 is 4.90 Å². The average molecular weight is 628 g/mol. The molecule has 13 heteroatoms. The van der Waals surface area contributed by atoms with Gasteiger partial charge in [-0.15, -0.1) is 10.2 Å². The van der Waals surface area contributed by atoms with E-state index in [0.29, 0.717) is 35.7 Å². The number of fused-ring (bicyclic) bond motifs is 1. The van der Waals surface area contributed by atoms with E-state index >= 15 is 0 Å². The van der Waals surface area contributed by atoms with E-state index in [1.807, 2.05) is 60.4 Å². The average Bonchev–Trinajstić information content (AvgIpc) is 3.01. The third-order valence-corrected chi connectivity index (χ3v) is 8.35. The fraction of sp³-hybridized carbons (Fsp3) is 0.0968. The van der Waals surface area contributed by atoms with Crippen molar-refractivity contribution in [2.75, 3.05) is 11.4 Å². The zero-order chi connectivity index (χ0) is 31.3. The molecule has 0 bridgehead atoms. The fourth-order valence-electron chi connectivity index (χ4n) is 4.50. The lowest BCUT2D eigenvalue weighted by atomic mass is 10.1. The second-order valence-electron chi connectivity index (χ2n) is 9.63. The highest BCUT2D eigenvalue weighted by Gasteiger charge is 2.09. The molecule has 0 N–H and O–H groups in total. The Bertz CT molecular complexity index is 2100. The molecule has 0 spiro atoms.